The van der Waals surface area contributed by atoms with Gasteiger partial charge in [-0.3, -0.25) is 0 Å². The van der Waals surface area contributed by atoms with E-state index < -0.39 is 0 Å². The average Bonchev–Trinajstić information content (AvgIpc) is 2.64. The van der Waals surface area contributed by atoms with E-state index >= 15 is 0 Å². The summed E-state index contributed by atoms with van der Waals surface area (Å²) in [6.07, 6.45) is 0.829. The van der Waals surface area contributed by atoms with Crippen molar-refractivity contribution >= 4 is 26.8 Å². The molecule has 2 aromatic rings. The van der Waals surface area contributed by atoms with Crippen LogP contribution in [0.5, 0.6) is 0 Å². The summed E-state index contributed by atoms with van der Waals surface area (Å²) in [5.74, 6) is -0.184. The lowest BCUT2D eigenvalue weighted by Crippen LogP contribution is -2.08. The van der Waals surface area contributed by atoms with Crippen LogP contribution in [-0.4, -0.2) is 11.6 Å². The first kappa shape index (κ1) is 9.36. The Bertz CT molecular complexity index is 535. The van der Waals surface area contributed by atoms with Gasteiger partial charge in [0, 0.05) is 27.5 Å². The van der Waals surface area contributed by atoms with E-state index in [0.717, 1.165) is 27.7 Å². The smallest absolute Gasteiger partial charge is 0.133 e. The first-order valence-corrected chi connectivity index (χ1v) is 5.62. The molecule has 0 bridgehead atoms. The van der Waals surface area contributed by atoms with Crippen molar-refractivity contribution < 1.29 is 9.13 Å². The number of fused-ring (bicyclic) bond motifs is 3. The molecule has 15 heavy (non-hydrogen) atoms. The van der Waals surface area contributed by atoms with Gasteiger partial charge in [0.15, 0.2) is 0 Å². The Balaban J connectivity index is 2.41. The van der Waals surface area contributed by atoms with E-state index in [9.17, 15) is 4.39 Å². The Morgan fingerprint density at radius 2 is 2.27 bits per heavy atom. The Kier molecular flexibility index (Phi) is 2.07. The number of benzene rings is 1. The van der Waals surface area contributed by atoms with Gasteiger partial charge in [-0.15, -0.1) is 0 Å². The summed E-state index contributed by atoms with van der Waals surface area (Å²) in [5.41, 5.74) is 2.91. The van der Waals surface area contributed by atoms with E-state index in [1.54, 1.807) is 6.07 Å². The fourth-order valence-electron chi connectivity index (χ4n) is 2.07. The Morgan fingerprint density at radius 3 is 3.13 bits per heavy atom. The van der Waals surface area contributed by atoms with Crippen molar-refractivity contribution in [2.75, 3.05) is 6.61 Å². The molecule has 1 aromatic carbocycles. The van der Waals surface area contributed by atoms with Crippen molar-refractivity contribution in [1.29, 1.82) is 0 Å². The highest BCUT2D eigenvalue weighted by Gasteiger charge is 2.19. The van der Waals surface area contributed by atoms with Gasteiger partial charge in [-0.25, -0.2) is 4.39 Å². The van der Waals surface area contributed by atoms with Gasteiger partial charge in [-0.2, -0.15) is 0 Å². The van der Waals surface area contributed by atoms with Gasteiger partial charge in [0.2, 0.25) is 0 Å². The summed E-state index contributed by atoms with van der Waals surface area (Å²) in [6.45, 7) is 1.21. The number of aromatic amines is 1. The van der Waals surface area contributed by atoms with Gasteiger partial charge in [0.05, 0.1) is 18.7 Å². The molecular weight excluding hydrogens is 261 g/mol. The van der Waals surface area contributed by atoms with Crippen LogP contribution in [0.2, 0.25) is 0 Å². The van der Waals surface area contributed by atoms with Crippen LogP contribution in [-0.2, 0) is 17.8 Å². The Hall–Kier alpha value is -0.870. The predicted molar refractivity (Wildman–Crippen MR) is 59.3 cm³/mol. The van der Waals surface area contributed by atoms with E-state index in [0.29, 0.717) is 18.6 Å². The van der Waals surface area contributed by atoms with Gasteiger partial charge < -0.3 is 9.72 Å². The quantitative estimate of drug-likeness (QED) is 0.781. The van der Waals surface area contributed by atoms with E-state index in [4.69, 9.17) is 4.74 Å². The van der Waals surface area contributed by atoms with Gasteiger partial charge in [-0.1, -0.05) is 0 Å². The highest BCUT2D eigenvalue weighted by molar-refractivity contribution is 9.10. The van der Waals surface area contributed by atoms with Crippen molar-refractivity contribution in [3.8, 4) is 0 Å². The molecule has 1 aliphatic rings. The lowest BCUT2D eigenvalue weighted by molar-refractivity contribution is 0.111. The number of hydrogen-bond donors (Lipinski definition) is 1. The summed E-state index contributed by atoms with van der Waals surface area (Å²) < 4.78 is 19.9. The minimum Gasteiger partial charge on any atom is -0.376 e. The molecule has 0 radical (unpaired) electrons. The molecule has 2 heterocycles. The lowest BCUT2D eigenvalue weighted by atomic mass is 10.1. The van der Waals surface area contributed by atoms with E-state index in [-0.39, 0.29) is 5.82 Å². The zero-order valence-electron chi connectivity index (χ0n) is 7.94. The third-order valence-electron chi connectivity index (χ3n) is 2.79. The fourth-order valence-corrected chi connectivity index (χ4v) is 2.50. The van der Waals surface area contributed by atoms with Crippen LogP contribution in [0.3, 0.4) is 0 Å². The van der Waals surface area contributed by atoms with Crippen molar-refractivity contribution in [3.05, 3.63) is 33.7 Å². The second-order valence-corrected chi connectivity index (χ2v) is 4.52. The standard InChI is InChI=1S/C11H9BrFNO/c12-7-1-2-8(13)10-6-5-15-4-3-9(6)14-11(7)10/h1-2,14H,3-5H2. The first-order valence-electron chi connectivity index (χ1n) is 4.82. The molecule has 0 fully saturated rings. The maximum Gasteiger partial charge on any atom is 0.133 e. The van der Waals surface area contributed by atoms with Gasteiger partial charge in [-0.05, 0) is 28.1 Å². The maximum atomic E-state index is 13.7. The number of halogens is 2. The monoisotopic (exact) mass is 269 g/mol. The molecule has 2 nitrogen and oxygen atoms in total. The normalized spacial score (nSPS) is 15.6. The highest BCUT2D eigenvalue weighted by Crippen LogP contribution is 2.32. The molecule has 1 N–H and O–H groups in total. The average molecular weight is 270 g/mol. The first-order chi connectivity index (χ1) is 7.27. The van der Waals surface area contributed by atoms with Crippen LogP contribution in [0.4, 0.5) is 4.39 Å². The Morgan fingerprint density at radius 1 is 1.40 bits per heavy atom. The highest BCUT2D eigenvalue weighted by atomic mass is 79.9. The van der Waals surface area contributed by atoms with Crippen molar-refractivity contribution in [2.24, 2.45) is 0 Å². The molecule has 1 aliphatic heterocycles. The van der Waals surface area contributed by atoms with Crippen LogP contribution < -0.4 is 0 Å². The third-order valence-corrected chi connectivity index (χ3v) is 3.45. The number of nitrogens with one attached hydrogen (secondary N) is 1. The largest absolute Gasteiger partial charge is 0.376 e. The van der Waals surface area contributed by atoms with Crippen LogP contribution in [0.15, 0.2) is 16.6 Å². The zero-order valence-corrected chi connectivity index (χ0v) is 9.53. The van der Waals surface area contributed by atoms with Gasteiger partial charge >= 0.3 is 0 Å². The number of rotatable bonds is 0. The second-order valence-electron chi connectivity index (χ2n) is 3.66. The molecule has 3 rings (SSSR count). The van der Waals surface area contributed by atoms with E-state index in [1.165, 1.54) is 6.07 Å². The summed E-state index contributed by atoms with van der Waals surface area (Å²) in [5, 5.41) is 0.666. The molecule has 78 valence electrons. The summed E-state index contributed by atoms with van der Waals surface area (Å²) in [4.78, 5) is 3.26. The van der Waals surface area contributed by atoms with Crippen LogP contribution in [0.25, 0.3) is 10.9 Å². The van der Waals surface area contributed by atoms with Gasteiger partial charge in [0.25, 0.3) is 0 Å². The van der Waals surface area contributed by atoms with Crippen molar-refractivity contribution in [3.63, 3.8) is 0 Å². The lowest BCUT2D eigenvalue weighted by Gasteiger charge is -2.11. The maximum absolute atomic E-state index is 13.7. The number of hydrogen-bond acceptors (Lipinski definition) is 1. The second kappa shape index (κ2) is 3.32. The SMILES string of the molecule is Fc1ccc(Br)c2[nH]c3c(c12)COCC3. The predicted octanol–water partition coefficient (Wildman–Crippen LogP) is 3.14. The summed E-state index contributed by atoms with van der Waals surface area (Å²) in [6, 6.07) is 3.20. The fraction of sp³-hybridized carbons (Fsp3) is 0.273. The molecule has 0 aliphatic carbocycles. The molecule has 1 aromatic heterocycles. The minimum atomic E-state index is -0.184. The van der Waals surface area contributed by atoms with E-state index in [2.05, 4.69) is 20.9 Å². The number of ether oxygens (including phenoxy) is 1. The summed E-state index contributed by atoms with van der Waals surface area (Å²) in [7, 11) is 0. The molecule has 0 saturated heterocycles. The van der Waals surface area contributed by atoms with Crippen molar-refractivity contribution in [2.45, 2.75) is 13.0 Å². The van der Waals surface area contributed by atoms with Crippen molar-refractivity contribution in [1.82, 2.24) is 4.98 Å². The minimum absolute atomic E-state index is 0.184. The molecule has 0 saturated carbocycles. The van der Waals surface area contributed by atoms with Crippen LogP contribution >= 0.6 is 15.9 Å². The molecule has 0 atom stereocenters. The van der Waals surface area contributed by atoms with Crippen LogP contribution in [0, 0.1) is 5.82 Å². The van der Waals surface area contributed by atoms with Crippen LogP contribution in [0.1, 0.15) is 11.3 Å². The molecule has 0 unspecified atom stereocenters. The third kappa shape index (κ3) is 1.32. The molecular formula is C11H9BrFNO. The number of aromatic nitrogens is 1. The molecule has 0 amide bonds. The molecule has 4 heteroatoms. The summed E-state index contributed by atoms with van der Waals surface area (Å²) >= 11 is 3.42. The Labute approximate surface area is 94.6 Å². The van der Waals surface area contributed by atoms with E-state index in [1.807, 2.05) is 0 Å². The zero-order chi connectivity index (χ0) is 10.4. The topological polar surface area (TPSA) is 25.0 Å². The number of H-pyrrole nitrogens is 1. The molecule has 0 spiro atoms. The van der Waals surface area contributed by atoms with Gasteiger partial charge in [0.1, 0.15) is 5.82 Å².